The van der Waals surface area contributed by atoms with Gasteiger partial charge in [0.05, 0.1) is 0 Å². The lowest BCUT2D eigenvalue weighted by Gasteiger charge is -2.14. The van der Waals surface area contributed by atoms with E-state index >= 15 is 0 Å². The van der Waals surface area contributed by atoms with Crippen LogP contribution < -0.4 is 16.4 Å². The van der Waals surface area contributed by atoms with E-state index in [4.69, 9.17) is 10.5 Å². The molecule has 1 atom stereocenters. The summed E-state index contributed by atoms with van der Waals surface area (Å²) < 4.78 is 4.99. The van der Waals surface area contributed by atoms with Crippen molar-refractivity contribution in [1.82, 2.24) is 5.32 Å². The summed E-state index contributed by atoms with van der Waals surface area (Å²) in [5.41, 5.74) is 6.28. The van der Waals surface area contributed by atoms with E-state index in [1.54, 1.807) is 30.3 Å². The van der Waals surface area contributed by atoms with Gasteiger partial charge in [0, 0.05) is 16.8 Å². The topological polar surface area (TPSA) is 128 Å². The fourth-order valence-electron chi connectivity index (χ4n) is 2.10. The SMILES string of the molecule is C[C@H](OC(=O)CNC(=O)c1ccccc1)C(=O)Nc1ccc(C(N)=O)cc1. The summed E-state index contributed by atoms with van der Waals surface area (Å²) in [6, 6.07) is 14.3. The summed E-state index contributed by atoms with van der Waals surface area (Å²) in [5, 5.41) is 4.97. The molecule has 0 fully saturated rings. The van der Waals surface area contributed by atoms with E-state index in [-0.39, 0.29) is 6.54 Å². The molecule has 0 aromatic heterocycles. The van der Waals surface area contributed by atoms with Gasteiger partial charge in [0.1, 0.15) is 6.54 Å². The van der Waals surface area contributed by atoms with Gasteiger partial charge in [0.2, 0.25) is 5.91 Å². The number of ether oxygens (including phenoxy) is 1. The highest BCUT2D eigenvalue weighted by atomic mass is 16.5. The Hall–Kier alpha value is -3.68. The number of hydrogen-bond donors (Lipinski definition) is 3. The molecular formula is C19H19N3O5. The van der Waals surface area contributed by atoms with Crippen LogP contribution in [0.3, 0.4) is 0 Å². The molecule has 3 amide bonds. The fraction of sp³-hybridized carbons (Fsp3) is 0.158. The Morgan fingerprint density at radius 3 is 2.19 bits per heavy atom. The zero-order valence-corrected chi connectivity index (χ0v) is 14.6. The molecule has 0 bridgehead atoms. The van der Waals surface area contributed by atoms with Gasteiger partial charge in [-0.25, -0.2) is 0 Å². The molecule has 0 unspecified atom stereocenters. The summed E-state index contributed by atoms with van der Waals surface area (Å²) in [6.45, 7) is 1.04. The Morgan fingerprint density at radius 2 is 1.59 bits per heavy atom. The first-order chi connectivity index (χ1) is 12.9. The predicted molar refractivity (Wildman–Crippen MR) is 97.9 cm³/mol. The molecule has 2 aromatic rings. The monoisotopic (exact) mass is 369 g/mol. The Labute approximate surface area is 155 Å². The first kappa shape index (κ1) is 19.6. The van der Waals surface area contributed by atoms with Crippen LogP contribution in [0.25, 0.3) is 0 Å². The number of esters is 1. The van der Waals surface area contributed by atoms with Gasteiger partial charge in [-0.05, 0) is 43.3 Å². The van der Waals surface area contributed by atoms with Crippen molar-refractivity contribution in [3.8, 4) is 0 Å². The molecule has 0 saturated carbocycles. The van der Waals surface area contributed by atoms with Crippen LogP contribution in [0.2, 0.25) is 0 Å². The molecule has 0 saturated heterocycles. The smallest absolute Gasteiger partial charge is 0.326 e. The summed E-state index contributed by atoms with van der Waals surface area (Å²) in [7, 11) is 0. The average molecular weight is 369 g/mol. The summed E-state index contributed by atoms with van der Waals surface area (Å²) in [6.07, 6.45) is -1.07. The third-order valence-corrected chi connectivity index (χ3v) is 3.54. The second kappa shape index (κ2) is 9.14. The molecule has 0 aliphatic carbocycles. The lowest BCUT2D eigenvalue weighted by atomic mass is 10.2. The molecule has 0 aliphatic rings. The number of rotatable bonds is 7. The molecule has 0 radical (unpaired) electrons. The van der Waals surface area contributed by atoms with Crippen LogP contribution in [0, 0.1) is 0 Å². The zero-order chi connectivity index (χ0) is 19.8. The molecule has 140 valence electrons. The van der Waals surface area contributed by atoms with Gasteiger partial charge in [0.25, 0.3) is 11.8 Å². The van der Waals surface area contributed by atoms with E-state index in [9.17, 15) is 19.2 Å². The molecule has 2 rings (SSSR count). The molecule has 0 aliphatic heterocycles. The molecule has 0 heterocycles. The van der Waals surface area contributed by atoms with E-state index in [2.05, 4.69) is 10.6 Å². The first-order valence-electron chi connectivity index (χ1n) is 8.10. The molecule has 8 heteroatoms. The van der Waals surface area contributed by atoms with Crippen LogP contribution in [0.4, 0.5) is 5.69 Å². The highest BCUT2D eigenvalue weighted by Crippen LogP contribution is 2.10. The minimum Gasteiger partial charge on any atom is -0.451 e. The van der Waals surface area contributed by atoms with E-state index in [1.165, 1.54) is 31.2 Å². The van der Waals surface area contributed by atoms with Crippen molar-refractivity contribution in [2.75, 3.05) is 11.9 Å². The summed E-state index contributed by atoms with van der Waals surface area (Å²) in [4.78, 5) is 46.7. The lowest BCUT2D eigenvalue weighted by Crippen LogP contribution is -2.35. The number of nitrogens with one attached hydrogen (secondary N) is 2. The van der Waals surface area contributed by atoms with Crippen molar-refractivity contribution in [2.24, 2.45) is 5.73 Å². The van der Waals surface area contributed by atoms with Crippen LogP contribution >= 0.6 is 0 Å². The summed E-state index contributed by atoms with van der Waals surface area (Å²) >= 11 is 0. The normalized spacial score (nSPS) is 11.1. The number of carbonyl (C=O) groups is 4. The van der Waals surface area contributed by atoms with Crippen LogP contribution in [-0.2, 0) is 14.3 Å². The highest BCUT2D eigenvalue weighted by molar-refractivity contribution is 5.98. The minimum atomic E-state index is -1.07. The van der Waals surface area contributed by atoms with Crippen LogP contribution in [0.5, 0.6) is 0 Å². The fourth-order valence-corrected chi connectivity index (χ4v) is 2.10. The summed E-state index contributed by atoms with van der Waals surface area (Å²) in [5.74, 6) is -2.29. The van der Waals surface area contributed by atoms with Crippen molar-refractivity contribution in [2.45, 2.75) is 13.0 Å². The Bertz CT molecular complexity index is 834. The largest absolute Gasteiger partial charge is 0.451 e. The number of carbonyl (C=O) groups excluding carboxylic acids is 4. The van der Waals surface area contributed by atoms with Gasteiger partial charge < -0.3 is 21.1 Å². The minimum absolute atomic E-state index is 0.307. The van der Waals surface area contributed by atoms with Crippen molar-refractivity contribution < 1.29 is 23.9 Å². The lowest BCUT2D eigenvalue weighted by molar-refractivity contribution is -0.152. The van der Waals surface area contributed by atoms with E-state index in [0.717, 1.165) is 0 Å². The van der Waals surface area contributed by atoms with Crippen molar-refractivity contribution in [1.29, 1.82) is 0 Å². The van der Waals surface area contributed by atoms with Crippen molar-refractivity contribution >= 4 is 29.4 Å². The van der Waals surface area contributed by atoms with Gasteiger partial charge in [-0.15, -0.1) is 0 Å². The van der Waals surface area contributed by atoms with E-state index in [1.807, 2.05) is 0 Å². The van der Waals surface area contributed by atoms with Crippen molar-refractivity contribution in [3.05, 3.63) is 65.7 Å². The van der Waals surface area contributed by atoms with Gasteiger partial charge in [-0.2, -0.15) is 0 Å². The molecule has 2 aromatic carbocycles. The van der Waals surface area contributed by atoms with E-state index < -0.39 is 29.8 Å². The third-order valence-electron chi connectivity index (χ3n) is 3.54. The number of benzene rings is 2. The maximum Gasteiger partial charge on any atom is 0.326 e. The third kappa shape index (κ3) is 5.96. The highest BCUT2D eigenvalue weighted by Gasteiger charge is 2.18. The molecule has 8 nitrogen and oxygen atoms in total. The second-order valence-electron chi connectivity index (χ2n) is 5.61. The Morgan fingerprint density at radius 1 is 0.963 bits per heavy atom. The Kier molecular flexibility index (Phi) is 6.65. The number of primary amides is 1. The number of anilines is 1. The maximum absolute atomic E-state index is 12.1. The number of nitrogens with two attached hydrogens (primary N) is 1. The van der Waals surface area contributed by atoms with Crippen LogP contribution in [0.15, 0.2) is 54.6 Å². The molecule has 4 N–H and O–H groups in total. The predicted octanol–water partition coefficient (Wildman–Crippen LogP) is 1.09. The molecule has 0 spiro atoms. The molecule has 27 heavy (non-hydrogen) atoms. The van der Waals surface area contributed by atoms with Crippen LogP contribution in [-0.4, -0.2) is 36.3 Å². The standard InChI is InChI=1S/C19H19N3O5/c1-12(18(25)22-15-9-7-13(8-10-15)17(20)24)27-16(23)11-21-19(26)14-5-3-2-4-6-14/h2-10,12H,11H2,1H3,(H2,20,24)(H,21,26)(H,22,25)/t12-/m0/s1. The second-order valence-corrected chi connectivity index (χ2v) is 5.61. The van der Waals surface area contributed by atoms with Gasteiger partial charge >= 0.3 is 5.97 Å². The zero-order valence-electron chi connectivity index (χ0n) is 14.6. The maximum atomic E-state index is 12.1. The quantitative estimate of drug-likeness (QED) is 0.630. The van der Waals surface area contributed by atoms with E-state index in [0.29, 0.717) is 16.8 Å². The number of amides is 3. The Balaban J connectivity index is 1.80. The molecular weight excluding hydrogens is 350 g/mol. The van der Waals surface area contributed by atoms with Gasteiger partial charge in [-0.1, -0.05) is 18.2 Å². The van der Waals surface area contributed by atoms with Crippen molar-refractivity contribution in [3.63, 3.8) is 0 Å². The van der Waals surface area contributed by atoms with Gasteiger partial charge in [-0.3, -0.25) is 19.2 Å². The van der Waals surface area contributed by atoms with Crippen LogP contribution in [0.1, 0.15) is 27.6 Å². The first-order valence-corrected chi connectivity index (χ1v) is 8.10. The van der Waals surface area contributed by atoms with Gasteiger partial charge in [0.15, 0.2) is 6.10 Å². The number of hydrogen-bond acceptors (Lipinski definition) is 5. The average Bonchev–Trinajstić information content (AvgIpc) is 2.67.